The SMILES string of the molecule is CC(C)(C)NCC1CCc2nc(-c3ccoc3)ncc2C1. The van der Waals surface area contributed by atoms with Crippen molar-refractivity contribution in [2.75, 3.05) is 6.54 Å². The molecule has 112 valence electrons. The topological polar surface area (TPSA) is 51.0 Å². The standard InChI is InChI=1S/C17H23N3O/c1-17(2,3)19-9-12-4-5-15-14(8-12)10-18-16(20-15)13-6-7-21-11-13/h6-7,10-12,19H,4-5,8-9H2,1-3H3. The molecule has 2 aromatic rings. The van der Waals surface area contributed by atoms with Gasteiger partial charge >= 0.3 is 0 Å². The molecule has 1 unspecified atom stereocenters. The van der Waals surface area contributed by atoms with Gasteiger partial charge < -0.3 is 9.73 Å². The third-order valence-electron chi connectivity index (χ3n) is 3.95. The van der Waals surface area contributed by atoms with E-state index in [2.05, 4.69) is 31.1 Å². The molecule has 1 atom stereocenters. The zero-order valence-corrected chi connectivity index (χ0v) is 13.0. The largest absolute Gasteiger partial charge is 0.472 e. The Morgan fingerprint density at radius 2 is 2.24 bits per heavy atom. The molecule has 0 fully saturated rings. The van der Waals surface area contributed by atoms with Gasteiger partial charge in [0.1, 0.15) is 6.26 Å². The average molecular weight is 285 g/mol. The summed E-state index contributed by atoms with van der Waals surface area (Å²) in [6, 6.07) is 1.90. The summed E-state index contributed by atoms with van der Waals surface area (Å²) in [4.78, 5) is 9.19. The quantitative estimate of drug-likeness (QED) is 0.940. The van der Waals surface area contributed by atoms with Crippen molar-refractivity contribution in [1.82, 2.24) is 15.3 Å². The van der Waals surface area contributed by atoms with Gasteiger partial charge in [-0.2, -0.15) is 0 Å². The molecule has 0 amide bonds. The van der Waals surface area contributed by atoms with E-state index in [1.165, 1.54) is 17.7 Å². The van der Waals surface area contributed by atoms with E-state index >= 15 is 0 Å². The van der Waals surface area contributed by atoms with Gasteiger partial charge in [-0.05, 0) is 64.1 Å². The summed E-state index contributed by atoms with van der Waals surface area (Å²) in [5.41, 5.74) is 3.64. The van der Waals surface area contributed by atoms with E-state index in [1.807, 2.05) is 12.3 Å². The average Bonchev–Trinajstić information content (AvgIpc) is 2.98. The fourth-order valence-electron chi connectivity index (χ4n) is 2.74. The van der Waals surface area contributed by atoms with Crippen LogP contribution in [0.4, 0.5) is 0 Å². The Balaban J connectivity index is 1.70. The lowest BCUT2D eigenvalue weighted by atomic mass is 9.86. The molecule has 0 radical (unpaired) electrons. The molecule has 4 heteroatoms. The van der Waals surface area contributed by atoms with Crippen molar-refractivity contribution in [2.24, 2.45) is 5.92 Å². The van der Waals surface area contributed by atoms with Gasteiger partial charge in [-0.15, -0.1) is 0 Å². The van der Waals surface area contributed by atoms with Crippen LogP contribution >= 0.6 is 0 Å². The molecule has 0 aliphatic heterocycles. The van der Waals surface area contributed by atoms with Crippen molar-refractivity contribution in [1.29, 1.82) is 0 Å². The zero-order valence-electron chi connectivity index (χ0n) is 13.0. The van der Waals surface area contributed by atoms with Gasteiger partial charge in [-0.1, -0.05) is 0 Å². The molecule has 1 aliphatic rings. The molecule has 1 aliphatic carbocycles. The summed E-state index contributed by atoms with van der Waals surface area (Å²) in [5.74, 6) is 1.45. The van der Waals surface area contributed by atoms with E-state index in [0.717, 1.165) is 30.8 Å². The lowest BCUT2D eigenvalue weighted by Gasteiger charge is -2.28. The van der Waals surface area contributed by atoms with E-state index < -0.39 is 0 Å². The molecule has 2 heterocycles. The summed E-state index contributed by atoms with van der Waals surface area (Å²) < 4.78 is 5.11. The van der Waals surface area contributed by atoms with Crippen LogP contribution < -0.4 is 5.32 Å². The second kappa shape index (κ2) is 5.60. The molecule has 0 saturated carbocycles. The van der Waals surface area contributed by atoms with Crippen molar-refractivity contribution in [2.45, 2.75) is 45.6 Å². The molecule has 4 nitrogen and oxygen atoms in total. The van der Waals surface area contributed by atoms with Gasteiger partial charge in [0.25, 0.3) is 0 Å². The van der Waals surface area contributed by atoms with Gasteiger partial charge in [0.05, 0.1) is 11.8 Å². The molecule has 21 heavy (non-hydrogen) atoms. The van der Waals surface area contributed by atoms with E-state index in [1.54, 1.807) is 12.5 Å². The van der Waals surface area contributed by atoms with Crippen molar-refractivity contribution in [3.8, 4) is 11.4 Å². The smallest absolute Gasteiger partial charge is 0.162 e. The highest BCUT2D eigenvalue weighted by molar-refractivity contribution is 5.52. The van der Waals surface area contributed by atoms with Crippen molar-refractivity contribution in [3.05, 3.63) is 36.0 Å². The van der Waals surface area contributed by atoms with Crippen LogP contribution in [0.15, 0.2) is 29.2 Å². The van der Waals surface area contributed by atoms with E-state index in [9.17, 15) is 0 Å². The molecule has 3 rings (SSSR count). The van der Waals surface area contributed by atoms with Gasteiger partial charge in [0.15, 0.2) is 5.82 Å². The molecule has 2 aromatic heterocycles. The monoisotopic (exact) mass is 285 g/mol. The molecule has 0 spiro atoms. The highest BCUT2D eigenvalue weighted by Gasteiger charge is 2.22. The van der Waals surface area contributed by atoms with Crippen molar-refractivity contribution < 1.29 is 4.42 Å². The number of aryl methyl sites for hydroxylation is 1. The summed E-state index contributed by atoms with van der Waals surface area (Å²) in [6.07, 6.45) is 8.65. The summed E-state index contributed by atoms with van der Waals surface area (Å²) in [6.45, 7) is 7.70. The second-order valence-corrected chi connectivity index (χ2v) is 6.92. The minimum absolute atomic E-state index is 0.182. The van der Waals surface area contributed by atoms with Crippen LogP contribution in [-0.2, 0) is 12.8 Å². The normalized spacial score (nSPS) is 18.5. The Kier molecular flexibility index (Phi) is 3.81. The Labute approximate surface area is 126 Å². The number of aromatic nitrogens is 2. The van der Waals surface area contributed by atoms with Crippen molar-refractivity contribution >= 4 is 0 Å². The molecule has 1 N–H and O–H groups in total. The molecular weight excluding hydrogens is 262 g/mol. The first kappa shape index (κ1) is 14.3. The number of hydrogen-bond acceptors (Lipinski definition) is 4. The van der Waals surface area contributed by atoms with Gasteiger partial charge in [-0.25, -0.2) is 9.97 Å². The number of nitrogens with zero attached hydrogens (tertiary/aromatic N) is 2. The number of furan rings is 1. The predicted octanol–water partition coefficient (Wildman–Crippen LogP) is 3.23. The van der Waals surface area contributed by atoms with Crippen LogP contribution in [-0.4, -0.2) is 22.1 Å². The first-order valence-corrected chi connectivity index (χ1v) is 7.64. The third kappa shape index (κ3) is 3.50. The van der Waals surface area contributed by atoms with Crippen LogP contribution in [0.25, 0.3) is 11.4 Å². The maximum Gasteiger partial charge on any atom is 0.162 e. The molecule has 0 aromatic carbocycles. The minimum Gasteiger partial charge on any atom is -0.472 e. The van der Waals surface area contributed by atoms with Crippen LogP contribution in [0.1, 0.15) is 38.4 Å². The second-order valence-electron chi connectivity index (χ2n) is 6.92. The van der Waals surface area contributed by atoms with E-state index in [0.29, 0.717) is 5.92 Å². The van der Waals surface area contributed by atoms with Crippen LogP contribution in [0.5, 0.6) is 0 Å². The minimum atomic E-state index is 0.182. The van der Waals surface area contributed by atoms with Gasteiger partial charge in [0.2, 0.25) is 0 Å². The maximum atomic E-state index is 5.11. The first-order chi connectivity index (χ1) is 10.0. The third-order valence-corrected chi connectivity index (χ3v) is 3.95. The van der Waals surface area contributed by atoms with Gasteiger partial charge in [0, 0.05) is 17.4 Å². The number of fused-ring (bicyclic) bond motifs is 1. The Bertz CT molecular complexity index is 599. The van der Waals surface area contributed by atoms with E-state index in [-0.39, 0.29) is 5.54 Å². The van der Waals surface area contributed by atoms with Crippen LogP contribution in [0.3, 0.4) is 0 Å². The van der Waals surface area contributed by atoms with Crippen molar-refractivity contribution in [3.63, 3.8) is 0 Å². The lowest BCUT2D eigenvalue weighted by molar-refractivity contribution is 0.347. The fraction of sp³-hybridized carbons (Fsp3) is 0.529. The zero-order chi connectivity index (χ0) is 14.9. The van der Waals surface area contributed by atoms with Crippen LogP contribution in [0.2, 0.25) is 0 Å². The highest BCUT2D eigenvalue weighted by atomic mass is 16.3. The number of hydrogen-bond donors (Lipinski definition) is 1. The summed E-state index contributed by atoms with van der Waals surface area (Å²) >= 11 is 0. The molecular formula is C17H23N3O. The first-order valence-electron chi connectivity index (χ1n) is 7.64. The van der Waals surface area contributed by atoms with Crippen LogP contribution in [0, 0.1) is 5.92 Å². The highest BCUT2D eigenvalue weighted by Crippen LogP contribution is 2.26. The molecule has 0 saturated heterocycles. The molecule has 0 bridgehead atoms. The Morgan fingerprint density at radius 1 is 1.38 bits per heavy atom. The Morgan fingerprint density at radius 3 is 2.95 bits per heavy atom. The number of rotatable bonds is 3. The van der Waals surface area contributed by atoms with E-state index in [4.69, 9.17) is 9.40 Å². The summed E-state index contributed by atoms with van der Waals surface area (Å²) in [7, 11) is 0. The Hall–Kier alpha value is -1.68. The van der Waals surface area contributed by atoms with Gasteiger partial charge in [-0.3, -0.25) is 0 Å². The predicted molar refractivity (Wildman–Crippen MR) is 83.0 cm³/mol. The summed E-state index contributed by atoms with van der Waals surface area (Å²) in [5, 5.41) is 3.60. The lowest BCUT2D eigenvalue weighted by Crippen LogP contribution is -2.40. The fourth-order valence-corrected chi connectivity index (χ4v) is 2.74. The maximum absolute atomic E-state index is 5.11. The number of nitrogens with one attached hydrogen (secondary N) is 1.